The summed E-state index contributed by atoms with van der Waals surface area (Å²) in [6.07, 6.45) is 0. The van der Waals surface area contributed by atoms with Crippen molar-refractivity contribution in [3.8, 4) is 0 Å². The second-order valence-corrected chi connectivity index (χ2v) is 6.06. The summed E-state index contributed by atoms with van der Waals surface area (Å²) < 4.78 is 18.8. The Labute approximate surface area is 64.0 Å². The maximum atomic E-state index is 11.4. The molecule has 0 aliphatic carbocycles. The number of hydrogen-bond donors (Lipinski definition) is 1. The first-order valence-corrected chi connectivity index (χ1v) is 5.40. The molecule has 0 aliphatic rings. The second kappa shape index (κ2) is 3.37. The van der Waals surface area contributed by atoms with Gasteiger partial charge in [-0.2, -0.15) is 0 Å². The van der Waals surface area contributed by atoms with Gasteiger partial charge in [-0.3, -0.25) is 4.78 Å². The Morgan fingerprint density at radius 2 is 1.70 bits per heavy atom. The predicted molar refractivity (Wildman–Crippen MR) is 45.7 cm³/mol. The lowest BCUT2D eigenvalue weighted by molar-refractivity contribution is 0.648. The summed E-state index contributed by atoms with van der Waals surface area (Å²) in [7, 11) is -2.30. The number of rotatable bonds is 3. The highest BCUT2D eigenvalue weighted by molar-refractivity contribution is 7.92. The molecule has 2 nitrogen and oxygen atoms in total. The van der Waals surface area contributed by atoms with Crippen molar-refractivity contribution >= 4 is 9.73 Å². The van der Waals surface area contributed by atoms with Gasteiger partial charge in [0, 0.05) is 20.7 Å². The van der Waals surface area contributed by atoms with Gasteiger partial charge >= 0.3 is 0 Å². The monoisotopic (exact) mass is 163 g/mol. The van der Waals surface area contributed by atoms with Gasteiger partial charge in [0.05, 0.1) is 0 Å². The van der Waals surface area contributed by atoms with Crippen LogP contribution >= 0.6 is 0 Å². The van der Waals surface area contributed by atoms with Crippen LogP contribution in [0.25, 0.3) is 0 Å². The van der Waals surface area contributed by atoms with Gasteiger partial charge in [-0.05, 0) is 5.92 Å². The van der Waals surface area contributed by atoms with Gasteiger partial charge in [-0.25, -0.2) is 4.21 Å². The zero-order valence-electron chi connectivity index (χ0n) is 7.18. The van der Waals surface area contributed by atoms with Gasteiger partial charge in [-0.15, -0.1) is 0 Å². The average Bonchev–Trinajstić information content (AvgIpc) is 1.60. The summed E-state index contributed by atoms with van der Waals surface area (Å²) in [5.41, 5.74) is 0. The molecule has 0 saturated heterocycles. The Hall–Kier alpha value is -0.0500. The van der Waals surface area contributed by atoms with E-state index in [2.05, 4.69) is 0 Å². The van der Waals surface area contributed by atoms with E-state index in [1.807, 2.05) is 27.7 Å². The smallest absolute Gasteiger partial charge is 0.0467 e. The number of hydrogen-bond acceptors (Lipinski definition) is 2. The van der Waals surface area contributed by atoms with Crippen LogP contribution in [-0.2, 0) is 9.73 Å². The van der Waals surface area contributed by atoms with Gasteiger partial charge in [0.15, 0.2) is 0 Å². The van der Waals surface area contributed by atoms with E-state index in [1.54, 1.807) is 0 Å². The lowest BCUT2D eigenvalue weighted by Crippen LogP contribution is -2.19. The fraction of sp³-hybridized carbons (Fsp3) is 1.00. The van der Waals surface area contributed by atoms with Crippen molar-refractivity contribution in [2.75, 3.05) is 5.75 Å². The van der Waals surface area contributed by atoms with Crippen LogP contribution in [0.2, 0.25) is 0 Å². The minimum absolute atomic E-state index is 0.00472. The van der Waals surface area contributed by atoms with E-state index in [1.165, 1.54) is 0 Å². The second-order valence-electron chi connectivity index (χ2n) is 3.34. The quantitative estimate of drug-likeness (QED) is 0.680. The molecule has 0 heterocycles. The normalized spacial score (nSPS) is 17.8. The van der Waals surface area contributed by atoms with Crippen molar-refractivity contribution < 1.29 is 4.21 Å². The molecule has 0 amide bonds. The molecule has 0 aliphatic heterocycles. The Balaban J connectivity index is 4.16. The molecule has 3 heteroatoms. The molecule has 0 rings (SSSR count). The van der Waals surface area contributed by atoms with E-state index in [9.17, 15) is 4.21 Å². The molecule has 0 aromatic rings. The van der Waals surface area contributed by atoms with Crippen molar-refractivity contribution in [3.05, 3.63) is 0 Å². The van der Waals surface area contributed by atoms with Crippen LogP contribution in [0.4, 0.5) is 0 Å². The van der Waals surface area contributed by atoms with Gasteiger partial charge < -0.3 is 0 Å². The molecule has 0 saturated carbocycles. The first-order valence-electron chi connectivity index (χ1n) is 3.61. The van der Waals surface area contributed by atoms with E-state index in [-0.39, 0.29) is 5.25 Å². The van der Waals surface area contributed by atoms with Crippen LogP contribution in [0.5, 0.6) is 0 Å². The highest BCUT2D eigenvalue weighted by Gasteiger charge is 2.12. The van der Waals surface area contributed by atoms with Crippen molar-refractivity contribution in [1.82, 2.24) is 0 Å². The zero-order valence-corrected chi connectivity index (χ0v) is 7.99. The zero-order chi connectivity index (χ0) is 8.36. The van der Waals surface area contributed by atoms with Crippen molar-refractivity contribution in [2.24, 2.45) is 5.92 Å². The van der Waals surface area contributed by atoms with Crippen LogP contribution in [0, 0.1) is 10.7 Å². The molecule has 10 heavy (non-hydrogen) atoms. The predicted octanol–water partition coefficient (Wildman–Crippen LogP) is 2.10. The van der Waals surface area contributed by atoms with Gasteiger partial charge in [0.2, 0.25) is 0 Å². The number of nitrogens with one attached hydrogen (secondary N) is 1. The largest absolute Gasteiger partial charge is 0.253 e. The summed E-state index contributed by atoms with van der Waals surface area (Å²) in [5.74, 6) is 0.900. The van der Waals surface area contributed by atoms with Gasteiger partial charge in [0.1, 0.15) is 0 Å². The van der Waals surface area contributed by atoms with Crippen molar-refractivity contribution in [3.63, 3.8) is 0 Å². The van der Waals surface area contributed by atoms with E-state index < -0.39 is 9.73 Å². The van der Waals surface area contributed by atoms with E-state index in [4.69, 9.17) is 4.78 Å². The summed E-state index contributed by atoms with van der Waals surface area (Å²) in [6.45, 7) is 7.68. The first kappa shape index (κ1) is 9.95. The van der Waals surface area contributed by atoms with Crippen LogP contribution in [0.15, 0.2) is 0 Å². The summed E-state index contributed by atoms with van der Waals surface area (Å²) >= 11 is 0. The van der Waals surface area contributed by atoms with Gasteiger partial charge in [-0.1, -0.05) is 27.7 Å². The SMILES string of the molecule is CC(C)CS(=N)(=O)C(C)C. The third kappa shape index (κ3) is 3.20. The van der Waals surface area contributed by atoms with E-state index in [0.717, 1.165) is 0 Å². The van der Waals surface area contributed by atoms with Crippen molar-refractivity contribution in [2.45, 2.75) is 32.9 Å². The molecule has 0 bridgehead atoms. The molecule has 1 unspecified atom stereocenters. The molecular weight excluding hydrogens is 146 g/mol. The Bertz CT molecular complexity index is 180. The molecule has 0 radical (unpaired) electrons. The third-order valence-electron chi connectivity index (χ3n) is 1.34. The van der Waals surface area contributed by atoms with Crippen LogP contribution in [0.1, 0.15) is 27.7 Å². The van der Waals surface area contributed by atoms with E-state index >= 15 is 0 Å². The van der Waals surface area contributed by atoms with Crippen LogP contribution in [-0.4, -0.2) is 15.2 Å². The Morgan fingerprint density at radius 3 is 1.80 bits per heavy atom. The fourth-order valence-corrected chi connectivity index (χ4v) is 2.06. The van der Waals surface area contributed by atoms with E-state index in [0.29, 0.717) is 11.7 Å². The first-order chi connectivity index (χ1) is 4.36. The molecule has 1 atom stereocenters. The standard InChI is InChI=1S/C7H17NOS/c1-6(2)5-10(8,9)7(3)4/h6-8H,5H2,1-4H3. The molecule has 0 aromatic heterocycles. The third-order valence-corrected chi connectivity index (χ3v) is 4.03. The molecule has 0 spiro atoms. The molecule has 0 fully saturated rings. The average molecular weight is 163 g/mol. The summed E-state index contributed by atoms with van der Waals surface area (Å²) in [6, 6.07) is 0. The van der Waals surface area contributed by atoms with Gasteiger partial charge in [0.25, 0.3) is 0 Å². The van der Waals surface area contributed by atoms with Crippen LogP contribution in [0.3, 0.4) is 0 Å². The highest BCUT2D eigenvalue weighted by Crippen LogP contribution is 2.07. The topological polar surface area (TPSA) is 40.9 Å². The molecule has 62 valence electrons. The molecule has 0 aromatic carbocycles. The lowest BCUT2D eigenvalue weighted by atomic mass is 10.3. The maximum absolute atomic E-state index is 11.4. The minimum atomic E-state index is -2.30. The maximum Gasteiger partial charge on any atom is 0.0467 e. The molecular formula is C7H17NOS. The van der Waals surface area contributed by atoms with Crippen LogP contribution < -0.4 is 0 Å². The summed E-state index contributed by atoms with van der Waals surface area (Å²) in [5, 5.41) is -0.00472. The Kier molecular flexibility index (Phi) is 3.36. The summed E-state index contributed by atoms with van der Waals surface area (Å²) in [4.78, 5) is 0. The molecule has 1 N–H and O–H groups in total. The fourth-order valence-electron chi connectivity index (χ4n) is 0.688. The lowest BCUT2D eigenvalue weighted by Gasteiger charge is -2.12. The minimum Gasteiger partial charge on any atom is -0.253 e. The van der Waals surface area contributed by atoms with Crippen molar-refractivity contribution in [1.29, 1.82) is 4.78 Å². The highest BCUT2D eigenvalue weighted by atomic mass is 32.2. The Morgan fingerprint density at radius 1 is 1.30 bits per heavy atom.